The normalized spacial score (nSPS) is 12.1. The lowest BCUT2D eigenvalue weighted by Crippen LogP contribution is -2.29. The number of carbonyl (C=O) groups excluding carboxylic acids is 2. The lowest BCUT2D eigenvalue weighted by Gasteiger charge is -2.19. The van der Waals surface area contributed by atoms with E-state index in [4.69, 9.17) is 4.98 Å². The van der Waals surface area contributed by atoms with Crippen LogP contribution >= 0.6 is 11.8 Å². The first kappa shape index (κ1) is 25.6. The van der Waals surface area contributed by atoms with Crippen molar-refractivity contribution in [1.29, 1.82) is 0 Å². The molecule has 1 unspecified atom stereocenters. The highest BCUT2D eigenvalue weighted by atomic mass is 32.2. The molecule has 180 valence electrons. The summed E-state index contributed by atoms with van der Waals surface area (Å²) in [6.07, 6.45) is 0.822. The molecule has 2 aromatic carbocycles. The van der Waals surface area contributed by atoms with Gasteiger partial charge in [-0.15, -0.1) is 0 Å². The Morgan fingerprint density at radius 1 is 1.09 bits per heavy atom. The molecular formula is C26H32N4O3S. The molecule has 0 saturated heterocycles. The number of para-hydroxylation sites is 1. The minimum atomic E-state index is -0.436. The van der Waals surface area contributed by atoms with Crippen molar-refractivity contribution in [2.75, 3.05) is 25.0 Å². The Hall–Kier alpha value is -2.97. The molecule has 0 bridgehead atoms. The first-order valence-electron chi connectivity index (χ1n) is 11.6. The third kappa shape index (κ3) is 6.33. The van der Waals surface area contributed by atoms with Gasteiger partial charge in [0.25, 0.3) is 5.56 Å². The molecule has 34 heavy (non-hydrogen) atoms. The number of Topliss-reactive ketones (excluding diaryl/α,β-unsaturated/α-hetero) is 1. The first-order valence-corrected chi connectivity index (χ1v) is 12.5. The maximum Gasteiger partial charge on any atom is 0.262 e. The maximum atomic E-state index is 13.3. The summed E-state index contributed by atoms with van der Waals surface area (Å²) in [5.74, 6) is -0.221. The number of rotatable bonds is 11. The summed E-state index contributed by atoms with van der Waals surface area (Å²) >= 11 is 1.31. The number of amides is 1. The Balaban J connectivity index is 1.84. The topological polar surface area (TPSA) is 84.3 Å². The molecule has 3 rings (SSSR count). The second-order valence-corrected chi connectivity index (χ2v) is 9.44. The molecule has 1 aromatic heterocycles. The van der Waals surface area contributed by atoms with Crippen molar-refractivity contribution < 1.29 is 9.59 Å². The van der Waals surface area contributed by atoms with Gasteiger partial charge in [0.2, 0.25) is 5.91 Å². The average molecular weight is 481 g/mol. The van der Waals surface area contributed by atoms with Crippen molar-refractivity contribution in [2.24, 2.45) is 0 Å². The van der Waals surface area contributed by atoms with Gasteiger partial charge in [-0.25, -0.2) is 4.98 Å². The predicted molar refractivity (Wildman–Crippen MR) is 139 cm³/mol. The van der Waals surface area contributed by atoms with E-state index in [1.807, 2.05) is 25.1 Å². The number of ketones is 1. The predicted octanol–water partition coefficient (Wildman–Crippen LogP) is 4.45. The van der Waals surface area contributed by atoms with Gasteiger partial charge in [0.15, 0.2) is 10.9 Å². The summed E-state index contributed by atoms with van der Waals surface area (Å²) in [6, 6.07) is 14.2. The molecule has 7 nitrogen and oxygen atoms in total. The number of benzene rings is 2. The molecule has 0 aliphatic carbocycles. The average Bonchev–Trinajstić information content (AvgIpc) is 2.83. The quantitative estimate of drug-likeness (QED) is 0.248. The molecule has 1 heterocycles. The monoisotopic (exact) mass is 480 g/mol. The van der Waals surface area contributed by atoms with Crippen LogP contribution in [0.2, 0.25) is 0 Å². The zero-order valence-corrected chi connectivity index (χ0v) is 21.0. The Kier molecular flexibility index (Phi) is 9.01. The molecule has 0 saturated carbocycles. The highest BCUT2D eigenvalue weighted by molar-refractivity contribution is 8.00. The number of nitrogens with zero attached hydrogens (tertiary/aromatic N) is 3. The van der Waals surface area contributed by atoms with Gasteiger partial charge in [-0.05, 0) is 69.4 Å². The van der Waals surface area contributed by atoms with Crippen LogP contribution in [0.15, 0.2) is 58.5 Å². The van der Waals surface area contributed by atoms with Gasteiger partial charge in [-0.1, -0.05) is 37.7 Å². The highest BCUT2D eigenvalue weighted by Crippen LogP contribution is 2.26. The Bertz CT molecular complexity index is 1200. The van der Waals surface area contributed by atoms with Gasteiger partial charge < -0.3 is 10.2 Å². The van der Waals surface area contributed by atoms with Crippen molar-refractivity contribution in [2.45, 2.75) is 51.1 Å². The summed E-state index contributed by atoms with van der Waals surface area (Å²) in [7, 11) is 0. The smallest absolute Gasteiger partial charge is 0.262 e. The van der Waals surface area contributed by atoms with Crippen molar-refractivity contribution in [1.82, 2.24) is 14.5 Å². The Labute approximate surface area is 204 Å². The van der Waals surface area contributed by atoms with Gasteiger partial charge in [-0.2, -0.15) is 0 Å². The van der Waals surface area contributed by atoms with Gasteiger partial charge >= 0.3 is 0 Å². The second-order valence-electron chi connectivity index (χ2n) is 8.13. The van der Waals surface area contributed by atoms with Crippen molar-refractivity contribution in [3.8, 4) is 0 Å². The first-order chi connectivity index (χ1) is 16.3. The lowest BCUT2D eigenvalue weighted by atomic mass is 10.1. The van der Waals surface area contributed by atoms with E-state index in [1.165, 1.54) is 18.7 Å². The van der Waals surface area contributed by atoms with Crippen LogP contribution in [0.1, 0.15) is 44.5 Å². The SMILES string of the molecule is CCN(CC)CCCn1c(SC(C)C(=O)c2ccc(NC(C)=O)cc2)nc2ccccc2c1=O. The van der Waals surface area contributed by atoms with Gasteiger partial charge in [-0.3, -0.25) is 19.0 Å². The molecule has 0 aliphatic rings. The minimum Gasteiger partial charge on any atom is -0.326 e. The fraction of sp³-hybridized carbons (Fsp3) is 0.385. The molecule has 1 N–H and O–H groups in total. The van der Waals surface area contributed by atoms with Crippen molar-refractivity contribution in [3.05, 3.63) is 64.4 Å². The van der Waals surface area contributed by atoms with E-state index in [0.717, 1.165) is 26.1 Å². The Morgan fingerprint density at radius 3 is 2.41 bits per heavy atom. The molecule has 1 atom stereocenters. The van der Waals surface area contributed by atoms with Gasteiger partial charge in [0, 0.05) is 24.7 Å². The van der Waals surface area contributed by atoms with Crippen LogP contribution in [-0.4, -0.2) is 51.0 Å². The van der Waals surface area contributed by atoms with Crippen molar-refractivity contribution >= 4 is 40.0 Å². The number of hydrogen-bond acceptors (Lipinski definition) is 6. The fourth-order valence-corrected chi connectivity index (χ4v) is 4.81. The molecular weight excluding hydrogens is 448 g/mol. The zero-order valence-electron chi connectivity index (χ0n) is 20.2. The summed E-state index contributed by atoms with van der Waals surface area (Å²) in [6.45, 7) is 10.9. The van der Waals surface area contributed by atoms with Gasteiger partial charge in [0.1, 0.15) is 0 Å². The zero-order chi connectivity index (χ0) is 24.7. The number of nitrogens with one attached hydrogen (secondary N) is 1. The van der Waals surface area contributed by atoms with E-state index < -0.39 is 5.25 Å². The van der Waals surface area contributed by atoms with Crippen LogP contribution in [0.3, 0.4) is 0 Å². The highest BCUT2D eigenvalue weighted by Gasteiger charge is 2.21. The summed E-state index contributed by atoms with van der Waals surface area (Å²) in [5.41, 5.74) is 1.74. The third-order valence-electron chi connectivity index (χ3n) is 5.72. The van der Waals surface area contributed by atoms with Crippen LogP contribution in [0, 0.1) is 0 Å². The number of carbonyl (C=O) groups is 2. The summed E-state index contributed by atoms with van der Waals surface area (Å²) in [4.78, 5) is 44.7. The second kappa shape index (κ2) is 11.9. The summed E-state index contributed by atoms with van der Waals surface area (Å²) < 4.78 is 1.71. The fourth-order valence-electron chi connectivity index (χ4n) is 3.79. The summed E-state index contributed by atoms with van der Waals surface area (Å²) in [5, 5.41) is 3.40. The van der Waals surface area contributed by atoms with Crippen molar-refractivity contribution in [3.63, 3.8) is 0 Å². The lowest BCUT2D eigenvalue weighted by molar-refractivity contribution is -0.114. The molecule has 0 fully saturated rings. The number of hydrogen-bond donors (Lipinski definition) is 1. The third-order valence-corrected chi connectivity index (χ3v) is 6.81. The molecule has 0 spiro atoms. The van der Waals surface area contributed by atoms with Gasteiger partial charge in [0.05, 0.1) is 16.2 Å². The van der Waals surface area contributed by atoms with Crippen LogP contribution in [0.25, 0.3) is 10.9 Å². The number of thioether (sulfide) groups is 1. The molecule has 0 radical (unpaired) electrons. The van der Waals surface area contributed by atoms with Crippen LogP contribution in [0.5, 0.6) is 0 Å². The minimum absolute atomic E-state index is 0.0588. The number of aromatic nitrogens is 2. The number of anilines is 1. The molecule has 8 heteroatoms. The Morgan fingerprint density at radius 2 is 1.76 bits per heavy atom. The van der Waals surface area contributed by atoms with E-state index in [0.29, 0.717) is 33.9 Å². The van der Waals surface area contributed by atoms with E-state index in [-0.39, 0.29) is 17.2 Å². The molecule has 3 aromatic rings. The van der Waals surface area contributed by atoms with Crippen LogP contribution < -0.4 is 10.9 Å². The standard InChI is InChI=1S/C26H32N4O3S/c1-5-29(6-2)16-9-17-30-25(33)22-10-7-8-11-23(22)28-26(30)34-18(3)24(32)20-12-14-21(15-13-20)27-19(4)31/h7-8,10-15,18H,5-6,9,16-17H2,1-4H3,(H,27,31). The van der Waals surface area contributed by atoms with E-state index in [9.17, 15) is 14.4 Å². The van der Waals surface area contributed by atoms with Crippen LogP contribution in [-0.2, 0) is 11.3 Å². The van der Waals surface area contributed by atoms with E-state index in [2.05, 4.69) is 24.1 Å². The number of fused-ring (bicyclic) bond motifs is 1. The van der Waals surface area contributed by atoms with E-state index >= 15 is 0 Å². The van der Waals surface area contributed by atoms with E-state index in [1.54, 1.807) is 34.9 Å². The molecule has 1 amide bonds. The largest absolute Gasteiger partial charge is 0.326 e. The molecule has 0 aliphatic heterocycles. The van der Waals surface area contributed by atoms with Crippen LogP contribution in [0.4, 0.5) is 5.69 Å². The maximum absolute atomic E-state index is 13.3.